The van der Waals surface area contributed by atoms with Crippen molar-refractivity contribution in [2.45, 2.75) is 65.2 Å². The Morgan fingerprint density at radius 1 is 0.650 bits per heavy atom. The van der Waals surface area contributed by atoms with E-state index in [4.69, 9.17) is 23.6 Å². The number of ether oxygens (including phenoxy) is 3. The van der Waals surface area contributed by atoms with Crippen molar-refractivity contribution >= 4 is 32.2 Å². The van der Waals surface area contributed by atoms with Crippen LogP contribution in [0.2, 0.25) is 0 Å². The van der Waals surface area contributed by atoms with Crippen LogP contribution in [0.15, 0.2) is 0 Å². The summed E-state index contributed by atoms with van der Waals surface area (Å²) in [7, 11) is -0.437. The summed E-state index contributed by atoms with van der Waals surface area (Å²) in [6.07, 6.45) is 6.08. The van der Waals surface area contributed by atoms with E-state index >= 15 is 0 Å². The van der Waals surface area contributed by atoms with Crippen LogP contribution < -0.4 is 21.7 Å². The summed E-state index contributed by atoms with van der Waals surface area (Å²) >= 11 is 0. The van der Waals surface area contributed by atoms with Gasteiger partial charge in [-0.25, -0.2) is 0 Å². The minimum Gasteiger partial charge on any atom is -0.377 e. The summed E-state index contributed by atoms with van der Waals surface area (Å²) in [5, 5.41) is 8.46. The van der Waals surface area contributed by atoms with E-state index in [0.29, 0.717) is 72.1 Å². The minimum absolute atomic E-state index is 0.00135. The average molecular weight is 599 g/mol. The van der Waals surface area contributed by atoms with E-state index in [0.717, 1.165) is 38.5 Å². The fourth-order valence-electron chi connectivity index (χ4n) is 2.88. The van der Waals surface area contributed by atoms with Gasteiger partial charge in [-0.2, -0.15) is 0 Å². The van der Waals surface area contributed by atoms with Crippen LogP contribution in [0.4, 0.5) is 0 Å². The maximum Gasteiger partial charge on any atom is 0.329 e. The third kappa shape index (κ3) is 38.2. The highest BCUT2D eigenvalue weighted by Crippen LogP contribution is 2.30. The fraction of sp³-hybridized carbons (Fsp3) is 0.840. The first kappa shape index (κ1) is 40.2. The lowest BCUT2D eigenvalue weighted by molar-refractivity contribution is -0.122. The van der Waals surface area contributed by atoms with Crippen LogP contribution in [-0.2, 0) is 42.4 Å². The van der Waals surface area contributed by atoms with Crippen LogP contribution >= 0.6 is 8.60 Å². The summed E-state index contributed by atoms with van der Waals surface area (Å²) < 4.78 is 25.5. The molecule has 0 bridgehead atoms. The van der Waals surface area contributed by atoms with E-state index in [-0.39, 0.29) is 30.2 Å². The van der Waals surface area contributed by atoms with Crippen molar-refractivity contribution < 1.29 is 47.3 Å². The van der Waals surface area contributed by atoms with Crippen LogP contribution in [-0.4, -0.2) is 102 Å². The Balaban J connectivity index is 0. The summed E-state index contributed by atoms with van der Waals surface area (Å²) in [4.78, 5) is 52.6. The molecule has 0 aliphatic rings. The van der Waals surface area contributed by atoms with Gasteiger partial charge in [-0.05, 0) is 25.7 Å². The van der Waals surface area contributed by atoms with E-state index in [2.05, 4.69) is 26.2 Å². The van der Waals surface area contributed by atoms with Gasteiger partial charge in [-0.15, -0.1) is 0 Å². The molecule has 0 saturated carbocycles. The molecule has 0 fully saturated rings. The summed E-state index contributed by atoms with van der Waals surface area (Å²) in [5.74, 6) is -0.309. The van der Waals surface area contributed by atoms with E-state index in [9.17, 15) is 19.2 Å². The lowest BCUT2D eigenvalue weighted by Crippen LogP contribution is -2.27. The SMILES string of the molecule is CC(N)=O.COP(O)OCCOCCOCCOCCNC(=O)CCCCCNC(=O)CCCCCNC(C)=O. The Kier molecular flexibility index (Phi) is 31.8. The third-order valence-corrected chi connectivity index (χ3v) is 5.47. The molecule has 15 heteroatoms. The quantitative estimate of drug-likeness (QED) is 0.0705. The second-order valence-electron chi connectivity index (χ2n) is 8.51. The Bertz CT molecular complexity index is 643. The standard InChI is InChI=1S/C23H46N3O9P.C2H5NO/c1-21(27)24-11-7-3-5-9-22(28)25-12-8-4-6-10-23(29)26-13-14-32-15-16-33-17-18-34-19-20-35-36(30)31-2;1-2(3)4/h30H,3-20H2,1-2H3,(H,24,27)(H,25,28)(H,26,29);1H3,(H2,3,4). The van der Waals surface area contributed by atoms with Gasteiger partial charge in [0.2, 0.25) is 23.6 Å². The molecule has 14 nitrogen and oxygen atoms in total. The van der Waals surface area contributed by atoms with Crippen LogP contribution in [0.25, 0.3) is 0 Å². The summed E-state index contributed by atoms with van der Waals surface area (Å²) in [6, 6.07) is 0. The zero-order valence-electron chi connectivity index (χ0n) is 24.4. The zero-order chi connectivity index (χ0) is 30.3. The number of unbranched alkanes of at least 4 members (excludes halogenated alkanes) is 4. The molecule has 0 saturated heterocycles. The van der Waals surface area contributed by atoms with Gasteiger partial charge in [0.25, 0.3) is 0 Å². The van der Waals surface area contributed by atoms with Gasteiger partial charge in [0, 0.05) is 53.4 Å². The van der Waals surface area contributed by atoms with Crippen LogP contribution in [0.5, 0.6) is 0 Å². The topological polar surface area (TPSA) is 197 Å². The molecule has 0 aromatic heterocycles. The number of nitrogens with one attached hydrogen (secondary N) is 3. The van der Waals surface area contributed by atoms with Gasteiger partial charge in [0.1, 0.15) is 0 Å². The lowest BCUT2D eigenvalue weighted by atomic mass is 10.1. The molecule has 1 atom stereocenters. The number of carbonyl (C=O) groups is 4. The van der Waals surface area contributed by atoms with Crippen molar-refractivity contribution in [1.82, 2.24) is 16.0 Å². The Labute approximate surface area is 239 Å². The number of amides is 4. The lowest BCUT2D eigenvalue weighted by Gasteiger charge is -2.09. The first-order valence-electron chi connectivity index (χ1n) is 13.6. The minimum atomic E-state index is -1.81. The molecular weight excluding hydrogens is 547 g/mol. The molecule has 0 aliphatic carbocycles. The molecule has 0 radical (unpaired) electrons. The highest BCUT2D eigenvalue weighted by Gasteiger charge is 2.04. The number of carbonyl (C=O) groups excluding carboxylic acids is 4. The van der Waals surface area contributed by atoms with Gasteiger partial charge >= 0.3 is 8.60 Å². The van der Waals surface area contributed by atoms with Crippen molar-refractivity contribution in [2.24, 2.45) is 5.73 Å². The van der Waals surface area contributed by atoms with Crippen molar-refractivity contribution in [2.75, 3.05) is 73.0 Å². The second-order valence-corrected chi connectivity index (χ2v) is 9.60. The van der Waals surface area contributed by atoms with Crippen LogP contribution in [0.1, 0.15) is 65.2 Å². The second kappa shape index (κ2) is 31.6. The van der Waals surface area contributed by atoms with Crippen molar-refractivity contribution in [3.05, 3.63) is 0 Å². The molecule has 236 valence electrons. The molecule has 4 amide bonds. The van der Waals surface area contributed by atoms with Crippen molar-refractivity contribution in [3.8, 4) is 0 Å². The fourth-order valence-corrected chi connectivity index (χ4v) is 3.21. The van der Waals surface area contributed by atoms with Gasteiger partial charge < -0.3 is 49.8 Å². The molecule has 0 spiro atoms. The Hall–Kier alpha value is -1.93. The molecule has 6 N–H and O–H groups in total. The number of hydrogen-bond acceptors (Lipinski definition) is 10. The van der Waals surface area contributed by atoms with Gasteiger partial charge in [0.05, 0.1) is 46.2 Å². The number of primary amides is 1. The average Bonchev–Trinajstić information content (AvgIpc) is 2.90. The Morgan fingerprint density at radius 2 is 1.07 bits per heavy atom. The van der Waals surface area contributed by atoms with Gasteiger partial charge in [-0.3, -0.25) is 19.2 Å². The third-order valence-electron chi connectivity index (χ3n) is 4.76. The first-order valence-corrected chi connectivity index (χ1v) is 14.7. The highest BCUT2D eigenvalue weighted by atomic mass is 31.2. The molecule has 40 heavy (non-hydrogen) atoms. The number of hydrogen-bond donors (Lipinski definition) is 5. The normalized spacial score (nSPS) is 11.2. The molecule has 0 aromatic carbocycles. The van der Waals surface area contributed by atoms with Crippen molar-refractivity contribution in [1.29, 1.82) is 0 Å². The molecule has 0 heterocycles. The summed E-state index contributed by atoms with van der Waals surface area (Å²) in [5.41, 5.74) is 4.47. The molecule has 1 unspecified atom stereocenters. The van der Waals surface area contributed by atoms with Gasteiger partial charge in [0.15, 0.2) is 0 Å². The molecular formula is C25H51N4O10P. The zero-order valence-corrected chi connectivity index (χ0v) is 25.3. The molecule has 0 aliphatic heterocycles. The van der Waals surface area contributed by atoms with E-state index < -0.39 is 8.60 Å². The van der Waals surface area contributed by atoms with Crippen LogP contribution in [0, 0.1) is 0 Å². The largest absolute Gasteiger partial charge is 0.377 e. The molecule has 0 rings (SSSR count). The summed E-state index contributed by atoms with van der Waals surface area (Å²) in [6.45, 7) is 7.30. The monoisotopic (exact) mass is 598 g/mol. The predicted octanol–water partition coefficient (Wildman–Crippen LogP) is 0.899. The predicted molar refractivity (Wildman–Crippen MR) is 151 cm³/mol. The number of rotatable bonds is 26. The van der Waals surface area contributed by atoms with Crippen molar-refractivity contribution in [3.63, 3.8) is 0 Å². The maximum atomic E-state index is 11.8. The smallest absolute Gasteiger partial charge is 0.329 e. The number of nitrogens with two attached hydrogens (primary N) is 1. The first-order chi connectivity index (χ1) is 19.2. The van der Waals surface area contributed by atoms with E-state index in [1.165, 1.54) is 21.0 Å². The van der Waals surface area contributed by atoms with E-state index in [1.807, 2.05) is 0 Å². The van der Waals surface area contributed by atoms with Crippen LogP contribution in [0.3, 0.4) is 0 Å². The van der Waals surface area contributed by atoms with E-state index in [1.54, 1.807) is 0 Å². The Morgan fingerprint density at radius 3 is 1.55 bits per heavy atom. The highest BCUT2D eigenvalue weighted by molar-refractivity contribution is 7.40. The molecule has 0 aromatic rings. The maximum absolute atomic E-state index is 11.8. The van der Waals surface area contributed by atoms with Gasteiger partial charge in [-0.1, -0.05) is 12.8 Å².